The highest BCUT2D eigenvalue weighted by Gasteiger charge is 2.24. The molecule has 0 aliphatic carbocycles. The van der Waals surface area contributed by atoms with Gasteiger partial charge in [-0.1, -0.05) is 11.6 Å². The van der Waals surface area contributed by atoms with E-state index in [9.17, 15) is 0 Å². The van der Waals surface area contributed by atoms with E-state index in [1.807, 2.05) is 30.6 Å². The van der Waals surface area contributed by atoms with Gasteiger partial charge in [0, 0.05) is 5.56 Å². The number of hydrogen-bond acceptors (Lipinski definition) is 5. The minimum Gasteiger partial charge on any atom is -0.496 e. The Morgan fingerprint density at radius 1 is 1.05 bits per heavy atom. The van der Waals surface area contributed by atoms with Gasteiger partial charge in [0.05, 0.1) is 32.2 Å². The van der Waals surface area contributed by atoms with Crippen LogP contribution < -0.4 is 19.5 Å². The quantitative estimate of drug-likeness (QED) is 0.877. The van der Waals surface area contributed by atoms with Gasteiger partial charge in [-0.15, -0.1) is 11.3 Å². The van der Waals surface area contributed by atoms with Crippen LogP contribution >= 0.6 is 22.9 Å². The third-order valence-electron chi connectivity index (χ3n) is 3.26. The number of hydrogen-bond donors (Lipinski definition) is 1. The SMILES string of the molecule is CNC(c1ccc(OC)c(Cl)c1OC)c1sccc1OC. The van der Waals surface area contributed by atoms with Crippen LogP contribution in [-0.2, 0) is 0 Å². The van der Waals surface area contributed by atoms with Crippen molar-refractivity contribution in [1.29, 1.82) is 0 Å². The van der Waals surface area contributed by atoms with Gasteiger partial charge in [0.15, 0.2) is 0 Å². The van der Waals surface area contributed by atoms with E-state index in [1.54, 1.807) is 32.7 Å². The minimum atomic E-state index is -0.0710. The van der Waals surface area contributed by atoms with Crippen LogP contribution in [0.15, 0.2) is 23.6 Å². The monoisotopic (exact) mass is 327 g/mol. The maximum Gasteiger partial charge on any atom is 0.146 e. The molecule has 0 aliphatic heterocycles. The molecule has 114 valence electrons. The van der Waals surface area contributed by atoms with Crippen LogP contribution in [0.25, 0.3) is 0 Å². The molecule has 0 aliphatic rings. The first-order valence-corrected chi connectivity index (χ1v) is 7.62. The van der Waals surface area contributed by atoms with Crippen molar-refractivity contribution in [2.24, 2.45) is 0 Å². The van der Waals surface area contributed by atoms with Crippen LogP contribution in [0.2, 0.25) is 5.02 Å². The van der Waals surface area contributed by atoms with Gasteiger partial charge < -0.3 is 19.5 Å². The van der Waals surface area contributed by atoms with E-state index in [-0.39, 0.29) is 6.04 Å². The van der Waals surface area contributed by atoms with Crippen molar-refractivity contribution < 1.29 is 14.2 Å². The first-order chi connectivity index (χ1) is 10.2. The molecule has 0 saturated heterocycles. The fourth-order valence-corrected chi connectivity index (χ4v) is 3.57. The lowest BCUT2D eigenvalue weighted by molar-refractivity contribution is 0.386. The van der Waals surface area contributed by atoms with Gasteiger partial charge in [-0.05, 0) is 30.6 Å². The lowest BCUT2D eigenvalue weighted by Crippen LogP contribution is -2.18. The molecule has 21 heavy (non-hydrogen) atoms. The molecule has 0 bridgehead atoms. The first kappa shape index (κ1) is 15.9. The summed E-state index contributed by atoms with van der Waals surface area (Å²) < 4.78 is 16.1. The Morgan fingerprint density at radius 3 is 2.33 bits per heavy atom. The maximum absolute atomic E-state index is 6.34. The first-order valence-electron chi connectivity index (χ1n) is 6.36. The summed E-state index contributed by atoms with van der Waals surface area (Å²) in [7, 11) is 6.73. The van der Waals surface area contributed by atoms with Crippen LogP contribution in [-0.4, -0.2) is 28.4 Å². The zero-order valence-electron chi connectivity index (χ0n) is 12.4. The molecule has 1 heterocycles. The molecule has 0 fully saturated rings. The van der Waals surface area contributed by atoms with E-state index in [0.29, 0.717) is 16.5 Å². The summed E-state index contributed by atoms with van der Waals surface area (Å²) in [5.74, 6) is 2.03. The number of ether oxygens (including phenoxy) is 3. The second-order valence-corrected chi connectivity index (χ2v) is 5.60. The molecule has 1 unspecified atom stereocenters. The lowest BCUT2D eigenvalue weighted by atomic mass is 10.0. The summed E-state index contributed by atoms with van der Waals surface area (Å²) in [6.45, 7) is 0. The van der Waals surface area contributed by atoms with Crippen molar-refractivity contribution in [3.8, 4) is 17.2 Å². The molecule has 6 heteroatoms. The molecule has 1 N–H and O–H groups in total. The van der Waals surface area contributed by atoms with Gasteiger partial charge in [0.2, 0.25) is 0 Å². The Morgan fingerprint density at radius 2 is 1.76 bits per heavy atom. The molecular formula is C15H18ClNO3S. The van der Waals surface area contributed by atoms with E-state index in [4.69, 9.17) is 25.8 Å². The highest BCUT2D eigenvalue weighted by molar-refractivity contribution is 7.10. The largest absolute Gasteiger partial charge is 0.496 e. The van der Waals surface area contributed by atoms with Crippen LogP contribution in [0.5, 0.6) is 17.2 Å². The predicted molar refractivity (Wildman–Crippen MR) is 86.3 cm³/mol. The number of benzene rings is 1. The summed E-state index contributed by atoms with van der Waals surface area (Å²) >= 11 is 7.96. The molecule has 0 saturated carbocycles. The van der Waals surface area contributed by atoms with Crippen LogP contribution in [0.4, 0.5) is 0 Å². The fourth-order valence-electron chi connectivity index (χ4n) is 2.26. The van der Waals surface area contributed by atoms with Gasteiger partial charge in [0.1, 0.15) is 22.3 Å². The van der Waals surface area contributed by atoms with E-state index in [2.05, 4.69) is 5.32 Å². The molecule has 1 atom stereocenters. The molecule has 0 spiro atoms. The van der Waals surface area contributed by atoms with Gasteiger partial charge in [-0.2, -0.15) is 0 Å². The Bertz CT molecular complexity index is 615. The third kappa shape index (κ3) is 2.95. The highest BCUT2D eigenvalue weighted by atomic mass is 35.5. The average molecular weight is 328 g/mol. The number of methoxy groups -OCH3 is 3. The van der Waals surface area contributed by atoms with Crippen molar-refractivity contribution in [2.75, 3.05) is 28.4 Å². The van der Waals surface area contributed by atoms with E-state index in [1.165, 1.54) is 0 Å². The second-order valence-electron chi connectivity index (χ2n) is 4.28. The average Bonchev–Trinajstić information content (AvgIpc) is 2.97. The minimum absolute atomic E-state index is 0.0710. The third-order valence-corrected chi connectivity index (χ3v) is 4.58. The van der Waals surface area contributed by atoms with Gasteiger partial charge in [0.25, 0.3) is 0 Å². The normalized spacial score (nSPS) is 12.0. The Balaban J connectivity index is 2.55. The molecule has 0 amide bonds. The van der Waals surface area contributed by atoms with Crippen molar-refractivity contribution >= 4 is 22.9 Å². The van der Waals surface area contributed by atoms with E-state index < -0.39 is 0 Å². The number of halogens is 1. The fraction of sp³-hybridized carbons (Fsp3) is 0.333. The summed E-state index contributed by atoms with van der Waals surface area (Å²) in [6, 6.07) is 5.66. The van der Waals surface area contributed by atoms with E-state index >= 15 is 0 Å². The Hall–Kier alpha value is -1.43. The van der Waals surface area contributed by atoms with Gasteiger partial charge >= 0.3 is 0 Å². The Kier molecular flexibility index (Phi) is 5.33. The smallest absolute Gasteiger partial charge is 0.146 e. The zero-order valence-corrected chi connectivity index (χ0v) is 14.0. The summed E-state index contributed by atoms with van der Waals surface area (Å²) in [4.78, 5) is 1.07. The molecule has 2 aromatic rings. The zero-order chi connectivity index (χ0) is 15.4. The summed E-state index contributed by atoms with van der Waals surface area (Å²) in [6.07, 6.45) is 0. The highest BCUT2D eigenvalue weighted by Crippen LogP contribution is 2.43. The topological polar surface area (TPSA) is 39.7 Å². The number of nitrogens with one attached hydrogen (secondary N) is 1. The lowest BCUT2D eigenvalue weighted by Gasteiger charge is -2.21. The van der Waals surface area contributed by atoms with E-state index in [0.717, 1.165) is 16.2 Å². The van der Waals surface area contributed by atoms with Gasteiger partial charge in [-0.3, -0.25) is 0 Å². The maximum atomic E-state index is 6.34. The second kappa shape index (κ2) is 7.02. The Labute approximate surface area is 133 Å². The van der Waals surface area contributed by atoms with Crippen molar-refractivity contribution in [2.45, 2.75) is 6.04 Å². The number of rotatable bonds is 6. The number of thiophene rings is 1. The molecule has 4 nitrogen and oxygen atoms in total. The molecule has 1 aromatic carbocycles. The molecule has 2 rings (SSSR count). The molecule has 1 aromatic heterocycles. The predicted octanol–water partition coefficient (Wildman–Crippen LogP) is 3.74. The summed E-state index contributed by atoms with van der Waals surface area (Å²) in [5, 5.41) is 5.75. The summed E-state index contributed by atoms with van der Waals surface area (Å²) in [5.41, 5.74) is 0.937. The van der Waals surface area contributed by atoms with Crippen molar-refractivity contribution in [3.63, 3.8) is 0 Å². The molecular weight excluding hydrogens is 310 g/mol. The van der Waals surface area contributed by atoms with Crippen LogP contribution in [0.1, 0.15) is 16.5 Å². The van der Waals surface area contributed by atoms with Crippen LogP contribution in [0.3, 0.4) is 0 Å². The molecule has 0 radical (unpaired) electrons. The van der Waals surface area contributed by atoms with Crippen molar-refractivity contribution in [1.82, 2.24) is 5.32 Å². The van der Waals surface area contributed by atoms with Crippen LogP contribution in [0, 0.1) is 0 Å². The standard InChI is InChI=1S/C15H18ClNO3S/c1-17-13(15-11(19-3)7-8-21-15)9-5-6-10(18-2)12(16)14(9)20-4/h5-8,13,17H,1-4H3. The van der Waals surface area contributed by atoms with Crippen molar-refractivity contribution in [3.05, 3.63) is 39.0 Å². The van der Waals surface area contributed by atoms with Gasteiger partial charge in [-0.25, -0.2) is 0 Å².